The minimum Gasteiger partial charge on any atom is -0.490 e. The van der Waals surface area contributed by atoms with E-state index in [-0.39, 0.29) is 24.2 Å². The summed E-state index contributed by atoms with van der Waals surface area (Å²) >= 11 is 0. The van der Waals surface area contributed by atoms with Crippen molar-refractivity contribution in [3.8, 4) is 0 Å². The van der Waals surface area contributed by atoms with Gasteiger partial charge in [0.25, 0.3) is 0 Å². The van der Waals surface area contributed by atoms with Crippen LogP contribution in [0.4, 0.5) is 11.4 Å². The first kappa shape index (κ1) is 17.5. The van der Waals surface area contributed by atoms with E-state index in [4.69, 9.17) is 10.5 Å². The number of amides is 1. The van der Waals surface area contributed by atoms with Crippen LogP contribution in [0.1, 0.15) is 23.2 Å². The molecule has 5 heteroatoms. The average molecular weight is 348 g/mol. The van der Waals surface area contributed by atoms with E-state index in [0.29, 0.717) is 29.1 Å². The van der Waals surface area contributed by atoms with Crippen LogP contribution in [-0.4, -0.2) is 17.8 Å². The largest absolute Gasteiger partial charge is 0.490 e. The lowest BCUT2D eigenvalue weighted by Crippen LogP contribution is -2.11. The summed E-state index contributed by atoms with van der Waals surface area (Å²) in [6.07, 6.45) is 5.61. The Morgan fingerprint density at radius 1 is 1.12 bits per heavy atom. The third-order valence-corrected chi connectivity index (χ3v) is 3.99. The highest BCUT2D eigenvalue weighted by atomic mass is 16.5. The zero-order valence-electron chi connectivity index (χ0n) is 14.2. The maximum atomic E-state index is 12.2. The molecule has 0 aromatic heterocycles. The molecule has 3 rings (SSSR count). The lowest BCUT2D eigenvalue weighted by atomic mass is 10.1. The first-order chi connectivity index (χ1) is 12.6. The first-order valence-electron chi connectivity index (χ1n) is 8.39. The fourth-order valence-electron chi connectivity index (χ4n) is 2.63. The van der Waals surface area contributed by atoms with Crippen LogP contribution in [0.2, 0.25) is 0 Å². The minimum atomic E-state index is -0.277. The van der Waals surface area contributed by atoms with Crippen molar-refractivity contribution in [2.24, 2.45) is 0 Å². The summed E-state index contributed by atoms with van der Waals surface area (Å²) < 4.78 is 5.73. The highest BCUT2D eigenvalue weighted by molar-refractivity contribution is 6.01. The van der Waals surface area contributed by atoms with Gasteiger partial charge in [0.1, 0.15) is 11.9 Å². The number of hydrogen-bond acceptors (Lipinski definition) is 4. The van der Waals surface area contributed by atoms with Crippen LogP contribution < -0.4 is 11.1 Å². The number of ketones is 1. The quantitative estimate of drug-likeness (QED) is 0.474. The molecule has 5 nitrogen and oxygen atoms in total. The maximum absolute atomic E-state index is 12.2. The van der Waals surface area contributed by atoms with Crippen LogP contribution in [-0.2, 0) is 9.53 Å². The molecule has 1 aliphatic rings. The van der Waals surface area contributed by atoms with Gasteiger partial charge in [-0.15, -0.1) is 0 Å². The third-order valence-electron chi connectivity index (χ3n) is 3.99. The smallest absolute Gasteiger partial charge is 0.248 e. The molecule has 2 aromatic carbocycles. The van der Waals surface area contributed by atoms with Crippen LogP contribution in [0, 0.1) is 0 Å². The van der Waals surface area contributed by atoms with Crippen LogP contribution >= 0.6 is 0 Å². The van der Waals surface area contributed by atoms with Crippen molar-refractivity contribution in [2.75, 3.05) is 11.1 Å². The summed E-state index contributed by atoms with van der Waals surface area (Å²) in [5, 5.41) is 2.72. The fraction of sp³-hybridized carbons (Fsp3) is 0.143. The maximum Gasteiger partial charge on any atom is 0.248 e. The van der Waals surface area contributed by atoms with Gasteiger partial charge in [-0.25, -0.2) is 0 Å². The molecular formula is C21H20N2O3. The van der Waals surface area contributed by atoms with Gasteiger partial charge >= 0.3 is 0 Å². The summed E-state index contributed by atoms with van der Waals surface area (Å²) in [7, 11) is 0. The standard InChI is InChI=1S/C21H20N2O3/c22-18-8-4-5-9-19(18)23-21(25)13-12-16-10-11-17(26-16)14-20(24)15-6-2-1-3-7-15/h1-9,11-13,16H,10,14,22H2,(H,23,25)/b13-12+. The van der Waals surface area contributed by atoms with E-state index in [9.17, 15) is 9.59 Å². The van der Waals surface area contributed by atoms with Gasteiger partial charge in [0.05, 0.1) is 17.8 Å². The number of nitrogens with two attached hydrogens (primary N) is 1. The topological polar surface area (TPSA) is 81.4 Å². The van der Waals surface area contributed by atoms with Gasteiger partial charge in [0.2, 0.25) is 5.91 Å². The second-order valence-electron chi connectivity index (χ2n) is 5.96. The Labute approximate surface area is 152 Å². The molecule has 3 N–H and O–H groups in total. The fourth-order valence-corrected chi connectivity index (χ4v) is 2.63. The first-order valence-corrected chi connectivity index (χ1v) is 8.39. The summed E-state index contributed by atoms with van der Waals surface area (Å²) in [5.74, 6) is 0.375. The Balaban J connectivity index is 1.49. The van der Waals surface area contributed by atoms with Gasteiger partial charge in [0.15, 0.2) is 5.78 Å². The van der Waals surface area contributed by atoms with Crippen molar-refractivity contribution in [1.82, 2.24) is 0 Å². The van der Waals surface area contributed by atoms with Crippen molar-refractivity contribution in [3.05, 3.63) is 84.1 Å². The Bertz CT molecular complexity index is 857. The van der Waals surface area contributed by atoms with Gasteiger partial charge in [-0.3, -0.25) is 9.59 Å². The molecule has 0 saturated heterocycles. The summed E-state index contributed by atoms with van der Waals surface area (Å²) in [4.78, 5) is 24.2. The van der Waals surface area contributed by atoms with Crippen LogP contribution in [0.5, 0.6) is 0 Å². The van der Waals surface area contributed by atoms with E-state index in [0.717, 1.165) is 0 Å². The highest BCUT2D eigenvalue weighted by Gasteiger charge is 2.19. The molecule has 1 amide bonds. The number of carbonyl (C=O) groups excluding carboxylic acids is 2. The molecule has 0 saturated carbocycles. The van der Waals surface area contributed by atoms with E-state index < -0.39 is 0 Å². The van der Waals surface area contributed by atoms with E-state index in [1.807, 2.05) is 24.3 Å². The predicted octanol–water partition coefficient (Wildman–Crippen LogP) is 3.71. The molecule has 0 fully saturated rings. The van der Waals surface area contributed by atoms with E-state index in [1.54, 1.807) is 42.5 Å². The van der Waals surface area contributed by atoms with E-state index in [1.165, 1.54) is 6.08 Å². The Kier molecular flexibility index (Phi) is 5.49. The SMILES string of the molecule is Nc1ccccc1NC(=O)/C=C/C1CC=C(CC(=O)c2ccccc2)O1. The normalized spacial score (nSPS) is 16.2. The number of para-hydroxylation sites is 2. The summed E-state index contributed by atoms with van der Waals surface area (Å²) in [6, 6.07) is 16.2. The molecule has 1 atom stereocenters. The lowest BCUT2D eigenvalue weighted by Gasteiger charge is -2.09. The molecule has 132 valence electrons. The Morgan fingerprint density at radius 3 is 2.62 bits per heavy atom. The van der Waals surface area contributed by atoms with Crippen molar-refractivity contribution in [2.45, 2.75) is 18.9 Å². The monoisotopic (exact) mass is 348 g/mol. The average Bonchev–Trinajstić information content (AvgIpc) is 3.10. The van der Waals surface area contributed by atoms with Crippen LogP contribution in [0.15, 0.2) is 78.6 Å². The Hall–Kier alpha value is -3.34. The summed E-state index contributed by atoms with van der Waals surface area (Å²) in [5.41, 5.74) is 7.54. The molecule has 0 radical (unpaired) electrons. The van der Waals surface area contributed by atoms with Crippen LogP contribution in [0.25, 0.3) is 0 Å². The predicted molar refractivity (Wildman–Crippen MR) is 102 cm³/mol. The number of carbonyl (C=O) groups is 2. The van der Waals surface area contributed by atoms with E-state index in [2.05, 4.69) is 5.32 Å². The highest BCUT2D eigenvalue weighted by Crippen LogP contribution is 2.22. The number of Topliss-reactive ketones (excluding diaryl/α,β-unsaturated/α-hetero) is 1. The van der Waals surface area contributed by atoms with Gasteiger partial charge in [-0.05, 0) is 24.3 Å². The second kappa shape index (κ2) is 8.16. The molecule has 1 aliphatic heterocycles. The zero-order chi connectivity index (χ0) is 18.4. The molecule has 26 heavy (non-hydrogen) atoms. The Morgan fingerprint density at radius 2 is 1.85 bits per heavy atom. The van der Waals surface area contributed by atoms with Crippen molar-refractivity contribution < 1.29 is 14.3 Å². The van der Waals surface area contributed by atoms with E-state index >= 15 is 0 Å². The number of anilines is 2. The number of ether oxygens (including phenoxy) is 1. The second-order valence-corrected chi connectivity index (χ2v) is 5.96. The van der Waals surface area contributed by atoms with Gasteiger partial charge in [-0.1, -0.05) is 42.5 Å². The van der Waals surface area contributed by atoms with Crippen LogP contribution in [0.3, 0.4) is 0 Å². The molecule has 2 aromatic rings. The number of nitrogens with one attached hydrogen (secondary N) is 1. The molecular weight excluding hydrogens is 328 g/mol. The zero-order valence-corrected chi connectivity index (χ0v) is 14.2. The number of nitrogen functional groups attached to an aromatic ring is 1. The third kappa shape index (κ3) is 4.60. The van der Waals surface area contributed by atoms with Gasteiger partial charge < -0.3 is 15.8 Å². The number of allylic oxidation sites excluding steroid dienone is 1. The lowest BCUT2D eigenvalue weighted by molar-refractivity contribution is -0.112. The summed E-state index contributed by atoms with van der Waals surface area (Å²) in [6.45, 7) is 0. The molecule has 0 aliphatic carbocycles. The minimum absolute atomic E-state index is 0.0128. The molecule has 1 unspecified atom stereocenters. The van der Waals surface area contributed by atoms with Crippen molar-refractivity contribution in [1.29, 1.82) is 0 Å². The van der Waals surface area contributed by atoms with Gasteiger partial charge in [-0.2, -0.15) is 0 Å². The van der Waals surface area contributed by atoms with Gasteiger partial charge in [0, 0.05) is 18.1 Å². The number of hydrogen-bond donors (Lipinski definition) is 2. The molecule has 0 spiro atoms. The van der Waals surface area contributed by atoms with Crippen molar-refractivity contribution in [3.63, 3.8) is 0 Å². The molecule has 1 heterocycles. The van der Waals surface area contributed by atoms with Crippen molar-refractivity contribution >= 4 is 23.1 Å². The number of rotatable bonds is 6. The molecule has 0 bridgehead atoms. The number of benzene rings is 2.